The number of amides is 3. The molecule has 1 fully saturated rings. The molecule has 6 nitrogen and oxygen atoms in total. The molecular weight excluding hydrogens is 414 g/mol. The Kier molecular flexibility index (Phi) is 6.56. The zero-order valence-corrected chi connectivity index (χ0v) is 18.1. The molecule has 1 atom stereocenters. The number of carbonyl (C=O) groups excluding carboxylic acids is 3. The van der Waals surface area contributed by atoms with Gasteiger partial charge in [0.2, 0.25) is 17.7 Å². The number of rotatable bonds is 6. The molecular formula is C24H26ClN3O3. The molecule has 2 heterocycles. The summed E-state index contributed by atoms with van der Waals surface area (Å²) >= 11 is 5.90. The van der Waals surface area contributed by atoms with Gasteiger partial charge in [-0.15, -0.1) is 0 Å². The van der Waals surface area contributed by atoms with E-state index in [1.165, 1.54) is 11.1 Å². The van der Waals surface area contributed by atoms with Gasteiger partial charge in [0, 0.05) is 49.7 Å². The lowest BCUT2D eigenvalue weighted by atomic mass is 9.99. The van der Waals surface area contributed by atoms with Crippen molar-refractivity contribution in [3.05, 3.63) is 64.7 Å². The lowest BCUT2D eigenvalue weighted by Crippen LogP contribution is -2.37. The number of halogens is 1. The minimum absolute atomic E-state index is 0.0666. The van der Waals surface area contributed by atoms with Crippen LogP contribution in [0.5, 0.6) is 0 Å². The highest BCUT2D eigenvalue weighted by Crippen LogP contribution is 2.26. The molecule has 3 amide bonds. The number of hydrogen-bond donors (Lipinski definition) is 1. The first-order valence-corrected chi connectivity index (χ1v) is 11.1. The lowest BCUT2D eigenvalue weighted by Gasteiger charge is -2.29. The Balaban J connectivity index is 1.20. The Labute approximate surface area is 187 Å². The summed E-state index contributed by atoms with van der Waals surface area (Å²) in [6.45, 7) is 2.19. The Morgan fingerprint density at radius 3 is 2.58 bits per heavy atom. The largest absolute Gasteiger partial charge is 0.356 e. The second kappa shape index (κ2) is 9.52. The van der Waals surface area contributed by atoms with Crippen LogP contribution in [0.25, 0.3) is 0 Å². The number of fused-ring (bicyclic) bond motifs is 1. The van der Waals surface area contributed by atoms with Gasteiger partial charge in [0.25, 0.3) is 0 Å². The second-order valence-electron chi connectivity index (χ2n) is 8.11. The van der Waals surface area contributed by atoms with Gasteiger partial charge >= 0.3 is 0 Å². The van der Waals surface area contributed by atoms with Crippen molar-refractivity contribution in [1.82, 2.24) is 10.2 Å². The fourth-order valence-electron chi connectivity index (χ4n) is 4.22. The average Bonchev–Trinajstić information content (AvgIpc) is 3.18. The van der Waals surface area contributed by atoms with Crippen LogP contribution in [-0.4, -0.2) is 42.3 Å². The molecule has 1 N–H and O–H groups in total. The van der Waals surface area contributed by atoms with Gasteiger partial charge in [-0.05, 0) is 48.2 Å². The maximum absolute atomic E-state index is 12.5. The van der Waals surface area contributed by atoms with E-state index in [1.807, 2.05) is 17.0 Å². The van der Waals surface area contributed by atoms with E-state index in [2.05, 4.69) is 17.4 Å². The first-order chi connectivity index (χ1) is 15.0. The van der Waals surface area contributed by atoms with Crippen LogP contribution in [0.1, 0.15) is 30.4 Å². The highest BCUT2D eigenvalue weighted by Gasteiger charge is 2.35. The van der Waals surface area contributed by atoms with E-state index in [-0.39, 0.29) is 30.1 Å². The molecule has 1 unspecified atom stereocenters. The minimum atomic E-state index is -0.377. The summed E-state index contributed by atoms with van der Waals surface area (Å²) in [7, 11) is 0. The Hall–Kier alpha value is -2.86. The number of benzene rings is 2. The monoisotopic (exact) mass is 439 g/mol. The first-order valence-electron chi connectivity index (χ1n) is 10.7. The lowest BCUT2D eigenvalue weighted by molar-refractivity contribution is -0.132. The molecule has 31 heavy (non-hydrogen) atoms. The van der Waals surface area contributed by atoms with Gasteiger partial charge < -0.3 is 15.1 Å². The van der Waals surface area contributed by atoms with Crippen molar-refractivity contribution in [3.63, 3.8) is 0 Å². The van der Waals surface area contributed by atoms with E-state index in [4.69, 9.17) is 11.6 Å². The van der Waals surface area contributed by atoms with Crippen LogP contribution in [-0.2, 0) is 27.3 Å². The molecule has 2 aromatic carbocycles. The minimum Gasteiger partial charge on any atom is -0.356 e. The van der Waals surface area contributed by atoms with Crippen LogP contribution in [0.4, 0.5) is 5.69 Å². The first kappa shape index (κ1) is 21.4. The van der Waals surface area contributed by atoms with E-state index in [9.17, 15) is 14.4 Å². The van der Waals surface area contributed by atoms with Gasteiger partial charge in [0.05, 0.1) is 5.92 Å². The zero-order chi connectivity index (χ0) is 21.8. The van der Waals surface area contributed by atoms with Gasteiger partial charge in [-0.3, -0.25) is 14.4 Å². The molecule has 2 aliphatic rings. The molecule has 162 valence electrons. The summed E-state index contributed by atoms with van der Waals surface area (Å²) in [5.41, 5.74) is 3.28. The van der Waals surface area contributed by atoms with Crippen LogP contribution >= 0.6 is 11.6 Å². The van der Waals surface area contributed by atoms with E-state index < -0.39 is 0 Å². The normalized spacial score (nSPS) is 18.1. The van der Waals surface area contributed by atoms with Gasteiger partial charge in [0.15, 0.2) is 0 Å². The fraction of sp³-hybridized carbons (Fsp3) is 0.375. The van der Waals surface area contributed by atoms with Crippen LogP contribution in [0.2, 0.25) is 5.02 Å². The maximum atomic E-state index is 12.5. The third-order valence-electron chi connectivity index (χ3n) is 5.98. The Morgan fingerprint density at radius 2 is 1.81 bits per heavy atom. The summed E-state index contributed by atoms with van der Waals surface area (Å²) in [6, 6.07) is 15.3. The predicted molar refractivity (Wildman–Crippen MR) is 120 cm³/mol. The average molecular weight is 440 g/mol. The van der Waals surface area contributed by atoms with Gasteiger partial charge in [-0.25, -0.2) is 0 Å². The van der Waals surface area contributed by atoms with Crippen molar-refractivity contribution in [2.45, 2.75) is 32.2 Å². The van der Waals surface area contributed by atoms with Crippen LogP contribution in [0.15, 0.2) is 48.5 Å². The van der Waals surface area contributed by atoms with Crippen LogP contribution in [0, 0.1) is 5.92 Å². The van der Waals surface area contributed by atoms with Gasteiger partial charge in [0.1, 0.15) is 0 Å². The van der Waals surface area contributed by atoms with E-state index in [0.717, 1.165) is 18.7 Å². The van der Waals surface area contributed by atoms with Crippen molar-refractivity contribution in [1.29, 1.82) is 0 Å². The Bertz CT molecular complexity index is 976. The van der Waals surface area contributed by atoms with Crippen molar-refractivity contribution in [3.8, 4) is 0 Å². The predicted octanol–water partition coefficient (Wildman–Crippen LogP) is 3.17. The van der Waals surface area contributed by atoms with Crippen molar-refractivity contribution >= 4 is 35.0 Å². The number of carbonyl (C=O) groups is 3. The number of hydrogen-bond acceptors (Lipinski definition) is 3. The van der Waals surface area contributed by atoms with Crippen LogP contribution < -0.4 is 10.2 Å². The fourth-order valence-corrected chi connectivity index (χ4v) is 4.34. The standard InChI is InChI=1S/C24H26ClN3O3/c25-20-7-9-21(10-8-20)28-16-19(14-23(28)30)24(31)26-12-3-6-22(29)27-13-11-17-4-1-2-5-18(17)15-27/h1-2,4-5,7-10,19H,3,6,11-16H2,(H,26,31). The van der Waals surface area contributed by atoms with Crippen molar-refractivity contribution < 1.29 is 14.4 Å². The summed E-state index contributed by atoms with van der Waals surface area (Å²) in [5, 5.41) is 3.50. The summed E-state index contributed by atoms with van der Waals surface area (Å²) < 4.78 is 0. The summed E-state index contributed by atoms with van der Waals surface area (Å²) in [5.74, 6) is -0.460. The molecule has 0 aromatic heterocycles. The van der Waals surface area contributed by atoms with E-state index in [0.29, 0.717) is 37.5 Å². The smallest absolute Gasteiger partial charge is 0.227 e. The molecule has 0 spiro atoms. The third kappa shape index (κ3) is 5.07. The van der Waals surface area contributed by atoms with Crippen LogP contribution in [0.3, 0.4) is 0 Å². The quantitative estimate of drug-likeness (QED) is 0.703. The molecule has 2 aliphatic heterocycles. The summed E-state index contributed by atoms with van der Waals surface area (Å²) in [4.78, 5) is 40.9. The molecule has 0 saturated carbocycles. The molecule has 0 aliphatic carbocycles. The molecule has 2 aromatic rings. The van der Waals surface area contributed by atoms with Gasteiger partial charge in [-0.1, -0.05) is 35.9 Å². The Morgan fingerprint density at radius 1 is 1.06 bits per heavy atom. The maximum Gasteiger partial charge on any atom is 0.227 e. The number of anilines is 1. The topological polar surface area (TPSA) is 69.7 Å². The molecule has 0 bridgehead atoms. The number of nitrogens with zero attached hydrogens (tertiary/aromatic N) is 2. The third-order valence-corrected chi connectivity index (χ3v) is 6.24. The number of nitrogens with one attached hydrogen (secondary N) is 1. The van der Waals surface area contributed by atoms with Crippen molar-refractivity contribution in [2.75, 3.05) is 24.5 Å². The van der Waals surface area contributed by atoms with E-state index >= 15 is 0 Å². The molecule has 1 saturated heterocycles. The molecule has 7 heteroatoms. The second-order valence-corrected chi connectivity index (χ2v) is 8.55. The zero-order valence-electron chi connectivity index (χ0n) is 17.4. The highest BCUT2D eigenvalue weighted by molar-refractivity contribution is 6.30. The molecule has 0 radical (unpaired) electrons. The van der Waals surface area contributed by atoms with Gasteiger partial charge in [-0.2, -0.15) is 0 Å². The highest BCUT2D eigenvalue weighted by atomic mass is 35.5. The van der Waals surface area contributed by atoms with Crippen molar-refractivity contribution in [2.24, 2.45) is 5.92 Å². The summed E-state index contributed by atoms with van der Waals surface area (Å²) in [6.07, 6.45) is 2.08. The SMILES string of the molecule is O=C(NCCCC(=O)N1CCc2ccccc2C1)C1CC(=O)N(c2ccc(Cl)cc2)C1. The van der Waals surface area contributed by atoms with E-state index in [1.54, 1.807) is 29.2 Å². The molecule has 4 rings (SSSR count).